The first-order valence-corrected chi connectivity index (χ1v) is 13.1. The standard InChI is InChI=1S/C28H27F3N8O/c1-4-38-14-21(28(29,30)31)36-25(38)19-10-8-17(9-11-19)16(2)39-26-20(13-35-39)12-32-24(37-26)22-23(18-6-5-7-18)33-15-34-27(22)40-3/h8-16,18H,4-7H2,1-3H3. The molecule has 1 aliphatic carbocycles. The molecule has 4 aromatic heterocycles. The summed E-state index contributed by atoms with van der Waals surface area (Å²) in [7, 11) is 1.57. The number of methoxy groups -OCH3 is 1. The molecule has 0 aliphatic heterocycles. The maximum absolute atomic E-state index is 13.2. The third kappa shape index (κ3) is 4.46. The molecule has 12 heteroatoms. The monoisotopic (exact) mass is 548 g/mol. The van der Waals surface area contributed by atoms with Crippen LogP contribution in [0.4, 0.5) is 13.2 Å². The highest BCUT2D eigenvalue weighted by Crippen LogP contribution is 2.42. The second kappa shape index (κ2) is 10.00. The van der Waals surface area contributed by atoms with Crippen LogP contribution in [0.25, 0.3) is 33.8 Å². The van der Waals surface area contributed by atoms with Gasteiger partial charge < -0.3 is 9.30 Å². The molecular weight excluding hydrogens is 521 g/mol. The number of hydrogen-bond acceptors (Lipinski definition) is 7. The molecule has 0 spiro atoms. The van der Waals surface area contributed by atoms with Crippen molar-refractivity contribution in [3.8, 4) is 28.7 Å². The summed E-state index contributed by atoms with van der Waals surface area (Å²) in [6.07, 6.45) is 4.77. The Morgan fingerprint density at radius 1 is 1.05 bits per heavy atom. The van der Waals surface area contributed by atoms with Gasteiger partial charge in [-0.3, -0.25) is 0 Å². The first-order chi connectivity index (χ1) is 19.3. The van der Waals surface area contributed by atoms with E-state index >= 15 is 0 Å². The lowest BCUT2D eigenvalue weighted by atomic mass is 9.81. The molecule has 9 nitrogen and oxygen atoms in total. The van der Waals surface area contributed by atoms with Crippen LogP contribution in [0.1, 0.15) is 62.0 Å². The second-order valence-electron chi connectivity index (χ2n) is 9.86. The Bertz CT molecular complexity index is 1670. The van der Waals surface area contributed by atoms with Crippen molar-refractivity contribution in [2.45, 2.75) is 57.8 Å². The second-order valence-corrected chi connectivity index (χ2v) is 9.86. The number of aromatic nitrogens is 8. The van der Waals surface area contributed by atoms with Crippen molar-refractivity contribution in [3.63, 3.8) is 0 Å². The van der Waals surface area contributed by atoms with Gasteiger partial charge in [-0.1, -0.05) is 30.7 Å². The summed E-state index contributed by atoms with van der Waals surface area (Å²) in [4.78, 5) is 22.2. The topological polar surface area (TPSA) is 96.4 Å². The van der Waals surface area contributed by atoms with E-state index in [2.05, 4.69) is 25.0 Å². The van der Waals surface area contributed by atoms with Gasteiger partial charge in [0, 0.05) is 30.4 Å². The summed E-state index contributed by atoms with van der Waals surface area (Å²) in [5.41, 5.74) is 2.85. The van der Waals surface area contributed by atoms with Gasteiger partial charge in [-0.25, -0.2) is 29.6 Å². The van der Waals surface area contributed by atoms with Crippen molar-refractivity contribution in [2.24, 2.45) is 0 Å². The van der Waals surface area contributed by atoms with Gasteiger partial charge in [-0.15, -0.1) is 0 Å². The molecule has 1 aliphatic rings. The van der Waals surface area contributed by atoms with Gasteiger partial charge in [-0.2, -0.15) is 18.3 Å². The highest BCUT2D eigenvalue weighted by molar-refractivity contribution is 5.77. The van der Waals surface area contributed by atoms with Crippen LogP contribution in [0.5, 0.6) is 5.88 Å². The van der Waals surface area contributed by atoms with Crippen LogP contribution < -0.4 is 4.74 Å². The molecule has 5 aromatic rings. The normalized spacial score (nSPS) is 14.8. The molecule has 0 amide bonds. The van der Waals surface area contributed by atoms with Gasteiger partial charge in [0.15, 0.2) is 17.2 Å². The quantitative estimate of drug-likeness (QED) is 0.244. The minimum absolute atomic E-state index is 0.217. The van der Waals surface area contributed by atoms with Gasteiger partial charge in [0.2, 0.25) is 5.88 Å². The van der Waals surface area contributed by atoms with E-state index in [-0.39, 0.29) is 11.9 Å². The molecule has 0 N–H and O–H groups in total. The fourth-order valence-electron chi connectivity index (χ4n) is 5.05. The number of rotatable bonds is 7. The van der Waals surface area contributed by atoms with E-state index in [0.29, 0.717) is 40.9 Å². The first-order valence-electron chi connectivity index (χ1n) is 13.1. The molecule has 1 fully saturated rings. The molecule has 0 radical (unpaired) electrons. The molecule has 6 rings (SSSR count). The van der Waals surface area contributed by atoms with Gasteiger partial charge in [0.25, 0.3) is 0 Å². The molecule has 1 aromatic carbocycles. The van der Waals surface area contributed by atoms with Crippen LogP contribution in [-0.2, 0) is 12.7 Å². The van der Waals surface area contributed by atoms with E-state index in [1.165, 1.54) is 10.9 Å². The number of benzene rings is 1. The van der Waals surface area contributed by atoms with Crippen molar-refractivity contribution < 1.29 is 17.9 Å². The average molecular weight is 549 g/mol. The predicted octanol–water partition coefficient (Wildman–Crippen LogP) is 6.07. The third-order valence-electron chi connectivity index (χ3n) is 7.51. The van der Waals surface area contributed by atoms with Crippen LogP contribution >= 0.6 is 0 Å². The molecule has 4 heterocycles. The van der Waals surface area contributed by atoms with Crippen molar-refractivity contribution in [2.75, 3.05) is 7.11 Å². The predicted molar refractivity (Wildman–Crippen MR) is 142 cm³/mol. The zero-order valence-corrected chi connectivity index (χ0v) is 22.2. The zero-order chi connectivity index (χ0) is 28.0. The smallest absolute Gasteiger partial charge is 0.434 e. The summed E-state index contributed by atoms with van der Waals surface area (Å²) >= 11 is 0. The van der Waals surface area contributed by atoms with E-state index in [4.69, 9.17) is 9.72 Å². The van der Waals surface area contributed by atoms with Crippen LogP contribution in [0.15, 0.2) is 49.2 Å². The summed E-state index contributed by atoms with van der Waals surface area (Å²) in [5, 5.41) is 5.36. The highest BCUT2D eigenvalue weighted by Gasteiger charge is 2.35. The lowest BCUT2D eigenvalue weighted by molar-refractivity contribution is -0.140. The molecule has 0 bridgehead atoms. The highest BCUT2D eigenvalue weighted by atomic mass is 19.4. The van der Waals surface area contributed by atoms with Crippen molar-refractivity contribution in [1.82, 2.24) is 39.3 Å². The third-order valence-corrected chi connectivity index (χ3v) is 7.51. The molecule has 0 saturated heterocycles. The Morgan fingerprint density at radius 2 is 1.82 bits per heavy atom. The van der Waals surface area contributed by atoms with E-state index in [9.17, 15) is 13.2 Å². The van der Waals surface area contributed by atoms with E-state index in [1.807, 2.05) is 23.7 Å². The molecule has 1 unspecified atom stereocenters. The van der Waals surface area contributed by atoms with E-state index < -0.39 is 11.9 Å². The molecular formula is C28H27F3N8O. The molecule has 1 atom stereocenters. The summed E-state index contributed by atoms with van der Waals surface area (Å²) in [6, 6.07) is 7.10. The largest absolute Gasteiger partial charge is 0.480 e. The van der Waals surface area contributed by atoms with Gasteiger partial charge in [0.1, 0.15) is 17.7 Å². The first kappa shape index (κ1) is 25.9. The summed E-state index contributed by atoms with van der Waals surface area (Å²) in [5.74, 6) is 1.51. The van der Waals surface area contributed by atoms with Crippen LogP contribution in [0, 0.1) is 0 Å². The number of alkyl halides is 3. The fraction of sp³-hybridized carbons (Fsp3) is 0.357. The van der Waals surface area contributed by atoms with Gasteiger partial charge in [0.05, 0.1) is 30.4 Å². The van der Waals surface area contributed by atoms with Crippen molar-refractivity contribution in [3.05, 3.63) is 66.1 Å². The van der Waals surface area contributed by atoms with Crippen LogP contribution in [0.2, 0.25) is 0 Å². The van der Waals surface area contributed by atoms with Crippen molar-refractivity contribution in [1.29, 1.82) is 0 Å². The number of ether oxygens (including phenoxy) is 1. The lowest BCUT2D eigenvalue weighted by Gasteiger charge is -2.26. The Morgan fingerprint density at radius 3 is 2.48 bits per heavy atom. The molecule has 1 saturated carbocycles. The van der Waals surface area contributed by atoms with E-state index in [1.54, 1.807) is 38.6 Å². The average Bonchev–Trinajstić information content (AvgIpc) is 3.56. The van der Waals surface area contributed by atoms with E-state index in [0.717, 1.165) is 42.1 Å². The number of halogens is 3. The number of fused-ring (bicyclic) bond motifs is 1. The van der Waals surface area contributed by atoms with Crippen LogP contribution in [-0.4, -0.2) is 46.4 Å². The summed E-state index contributed by atoms with van der Waals surface area (Å²) < 4.78 is 48.6. The van der Waals surface area contributed by atoms with Crippen molar-refractivity contribution >= 4 is 11.0 Å². The Kier molecular flexibility index (Phi) is 6.47. The lowest BCUT2D eigenvalue weighted by Crippen LogP contribution is -2.14. The Labute approximate surface area is 228 Å². The number of nitrogens with zero attached hydrogens (tertiary/aromatic N) is 8. The minimum atomic E-state index is -4.50. The maximum atomic E-state index is 13.2. The van der Waals surface area contributed by atoms with Gasteiger partial charge in [-0.05, 0) is 32.3 Å². The number of hydrogen-bond donors (Lipinski definition) is 0. The van der Waals surface area contributed by atoms with Crippen LogP contribution in [0.3, 0.4) is 0 Å². The maximum Gasteiger partial charge on any atom is 0.434 e. The minimum Gasteiger partial charge on any atom is -0.480 e. The SMILES string of the molecule is CCn1cc(C(F)(F)F)nc1-c1ccc(C(C)n2ncc3cnc(-c4c(OC)ncnc4C4CCC4)nc32)cc1. The molecule has 40 heavy (non-hydrogen) atoms. The molecule has 206 valence electrons. The number of imidazole rings is 1. The van der Waals surface area contributed by atoms with Gasteiger partial charge >= 0.3 is 6.18 Å². The Hall–Kier alpha value is -4.35. The Balaban J connectivity index is 1.35. The number of aryl methyl sites for hydroxylation is 1. The zero-order valence-electron chi connectivity index (χ0n) is 22.2. The summed E-state index contributed by atoms with van der Waals surface area (Å²) in [6.45, 7) is 4.15. The fourth-order valence-corrected chi connectivity index (χ4v) is 5.05.